The quantitative estimate of drug-likeness (QED) is 0.591. The number of furan rings is 1. The number of hydrogen-bond donors (Lipinski definition) is 1. The van der Waals surface area contributed by atoms with Crippen molar-refractivity contribution < 1.29 is 23.7 Å². The van der Waals surface area contributed by atoms with Crippen LogP contribution in [0.2, 0.25) is 0 Å². The van der Waals surface area contributed by atoms with Gasteiger partial charge in [0.05, 0.1) is 23.8 Å². The molecular formula is C21H22N4O6. The van der Waals surface area contributed by atoms with E-state index in [4.69, 9.17) is 9.15 Å². The first-order chi connectivity index (χ1) is 15.0. The summed E-state index contributed by atoms with van der Waals surface area (Å²) in [5.41, 5.74) is 4.53. The van der Waals surface area contributed by atoms with Crippen molar-refractivity contribution in [2.24, 2.45) is 5.10 Å². The number of rotatable bonds is 4. The van der Waals surface area contributed by atoms with Crippen molar-refractivity contribution in [1.29, 1.82) is 0 Å². The standard InChI is InChI=1S/C21H22N4O6/c1-13-18-16(22-23-20(26)14-4-2-5-15(12-14)25(28)29)6-3-7-17(18)31-19(13)21(27)24-8-10-30-11-9-24/h2,4-5,12H,3,6-11H2,1H3,(H,23,26)/b22-16+. The Morgan fingerprint density at radius 2 is 2.00 bits per heavy atom. The number of nitro groups is 1. The molecule has 0 atom stereocenters. The van der Waals surface area contributed by atoms with Crippen molar-refractivity contribution in [1.82, 2.24) is 10.3 Å². The van der Waals surface area contributed by atoms with E-state index in [9.17, 15) is 19.7 Å². The van der Waals surface area contributed by atoms with Gasteiger partial charge in [0, 0.05) is 48.3 Å². The number of aryl methyl sites for hydroxylation is 1. The Balaban J connectivity index is 1.56. The average Bonchev–Trinajstić information content (AvgIpc) is 3.14. The van der Waals surface area contributed by atoms with Gasteiger partial charge in [0.15, 0.2) is 5.76 Å². The second kappa shape index (κ2) is 8.68. The van der Waals surface area contributed by atoms with Gasteiger partial charge in [-0.2, -0.15) is 5.10 Å². The zero-order valence-electron chi connectivity index (χ0n) is 17.1. The Kier molecular flexibility index (Phi) is 5.81. The number of non-ortho nitro benzene ring substituents is 1. The van der Waals surface area contributed by atoms with Crippen molar-refractivity contribution >= 4 is 23.2 Å². The summed E-state index contributed by atoms with van der Waals surface area (Å²) in [5.74, 6) is 0.263. The third-order valence-electron chi connectivity index (χ3n) is 5.43. The van der Waals surface area contributed by atoms with E-state index in [1.165, 1.54) is 24.3 Å². The van der Waals surface area contributed by atoms with Crippen molar-refractivity contribution in [3.63, 3.8) is 0 Å². The normalized spacial score (nSPS) is 17.3. The lowest BCUT2D eigenvalue weighted by atomic mass is 9.93. The molecule has 0 saturated carbocycles. The number of benzene rings is 1. The lowest BCUT2D eigenvalue weighted by molar-refractivity contribution is -0.384. The highest BCUT2D eigenvalue weighted by atomic mass is 16.6. The van der Waals surface area contributed by atoms with E-state index in [1.807, 2.05) is 6.92 Å². The van der Waals surface area contributed by atoms with Crippen LogP contribution >= 0.6 is 0 Å². The third-order valence-corrected chi connectivity index (χ3v) is 5.43. The Morgan fingerprint density at radius 1 is 1.23 bits per heavy atom. The van der Waals surface area contributed by atoms with Crippen LogP contribution < -0.4 is 5.43 Å². The van der Waals surface area contributed by atoms with Gasteiger partial charge < -0.3 is 14.1 Å². The summed E-state index contributed by atoms with van der Waals surface area (Å²) in [7, 11) is 0. The second-order valence-electron chi connectivity index (χ2n) is 7.42. The molecule has 0 radical (unpaired) electrons. The van der Waals surface area contributed by atoms with E-state index in [2.05, 4.69) is 10.5 Å². The number of hydrogen-bond acceptors (Lipinski definition) is 7. The maximum absolute atomic E-state index is 12.9. The second-order valence-corrected chi connectivity index (χ2v) is 7.42. The minimum absolute atomic E-state index is 0.140. The predicted molar refractivity (Wildman–Crippen MR) is 110 cm³/mol. The highest BCUT2D eigenvalue weighted by Crippen LogP contribution is 2.30. The van der Waals surface area contributed by atoms with Crippen molar-refractivity contribution in [2.75, 3.05) is 26.3 Å². The molecule has 2 aromatic rings. The van der Waals surface area contributed by atoms with Gasteiger partial charge in [0.2, 0.25) is 0 Å². The van der Waals surface area contributed by atoms with E-state index in [0.29, 0.717) is 61.9 Å². The van der Waals surface area contributed by atoms with Gasteiger partial charge in [0.25, 0.3) is 17.5 Å². The van der Waals surface area contributed by atoms with Crippen LogP contribution in [0, 0.1) is 17.0 Å². The monoisotopic (exact) mass is 426 g/mol. The molecule has 1 aliphatic heterocycles. The molecule has 10 heteroatoms. The summed E-state index contributed by atoms with van der Waals surface area (Å²) in [4.78, 5) is 37.4. The van der Waals surface area contributed by atoms with Crippen LogP contribution in [0.5, 0.6) is 0 Å². The van der Waals surface area contributed by atoms with Gasteiger partial charge in [-0.1, -0.05) is 6.07 Å². The molecule has 1 N–H and O–H groups in total. The fourth-order valence-electron chi connectivity index (χ4n) is 3.84. The van der Waals surface area contributed by atoms with Crippen molar-refractivity contribution in [2.45, 2.75) is 26.2 Å². The summed E-state index contributed by atoms with van der Waals surface area (Å²) >= 11 is 0. The summed E-state index contributed by atoms with van der Waals surface area (Å²) in [6.07, 6.45) is 2.08. The fraction of sp³-hybridized carbons (Fsp3) is 0.381. The van der Waals surface area contributed by atoms with Crippen LogP contribution in [0.4, 0.5) is 5.69 Å². The molecule has 1 aromatic carbocycles. The molecule has 2 heterocycles. The molecule has 1 fully saturated rings. The number of nitro benzene ring substituents is 1. The number of hydrazone groups is 1. The highest BCUT2D eigenvalue weighted by Gasteiger charge is 2.30. The minimum Gasteiger partial charge on any atom is -0.455 e. The topological polar surface area (TPSA) is 127 Å². The Bertz CT molecular complexity index is 1070. The van der Waals surface area contributed by atoms with Crippen molar-refractivity contribution in [3.8, 4) is 0 Å². The SMILES string of the molecule is Cc1c(C(=O)N2CCOCC2)oc2c1/C(=N/NC(=O)c1cccc([N+](=O)[O-])c1)CCC2. The van der Waals surface area contributed by atoms with Crippen molar-refractivity contribution in [3.05, 3.63) is 62.6 Å². The molecule has 2 aliphatic rings. The molecule has 10 nitrogen and oxygen atoms in total. The number of carbonyl (C=O) groups excluding carboxylic acids is 2. The molecule has 0 bridgehead atoms. The average molecular weight is 426 g/mol. The lowest BCUT2D eigenvalue weighted by Crippen LogP contribution is -2.40. The maximum atomic E-state index is 12.9. The number of morpholine rings is 1. The van der Waals surface area contributed by atoms with Crippen LogP contribution in [0.25, 0.3) is 0 Å². The van der Waals surface area contributed by atoms with Crippen LogP contribution in [0.15, 0.2) is 33.8 Å². The van der Waals surface area contributed by atoms with Crippen LogP contribution in [-0.4, -0.2) is 53.7 Å². The largest absolute Gasteiger partial charge is 0.455 e. The molecule has 0 spiro atoms. The zero-order chi connectivity index (χ0) is 22.0. The molecule has 1 saturated heterocycles. The van der Waals surface area contributed by atoms with E-state index >= 15 is 0 Å². The fourth-order valence-corrected chi connectivity index (χ4v) is 3.84. The summed E-state index contributed by atoms with van der Waals surface area (Å²) < 4.78 is 11.2. The lowest BCUT2D eigenvalue weighted by Gasteiger charge is -2.26. The Morgan fingerprint density at radius 3 is 2.74 bits per heavy atom. The number of ether oxygens (including phenoxy) is 1. The summed E-state index contributed by atoms with van der Waals surface area (Å²) in [6.45, 7) is 3.86. The van der Waals surface area contributed by atoms with Gasteiger partial charge in [-0.05, 0) is 25.8 Å². The molecule has 2 amide bonds. The van der Waals surface area contributed by atoms with Gasteiger partial charge in [-0.3, -0.25) is 19.7 Å². The molecule has 162 valence electrons. The highest BCUT2D eigenvalue weighted by molar-refractivity contribution is 6.07. The summed E-state index contributed by atoms with van der Waals surface area (Å²) in [5, 5.41) is 15.2. The van der Waals surface area contributed by atoms with E-state index in [-0.39, 0.29) is 17.2 Å². The number of fused-ring (bicyclic) bond motifs is 1. The summed E-state index contributed by atoms with van der Waals surface area (Å²) in [6, 6.07) is 5.45. The number of amides is 2. The van der Waals surface area contributed by atoms with Crippen LogP contribution in [-0.2, 0) is 11.2 Å². The van der Waals surface area contributed by atoms with E-state index < -0.39 is 10.8 Å². The first-order valence-corrected chi connectivity index (χ1v) is 10.1. The Hall–Kier alpha value is -3.53. The van der Waals surface area contributed by atoms with Crippen LogP contribution in [0.3, 0.4) is 0 Å². The number of nitrogens with zero attached hydrogens (tertiary/aromatic N) is 3. The molecule has 4 rings (SSSR count). The maximum Gasteiger partial charge on any atom is 0.290 e. The minimum atomic E-state index is -0.558. The number of nitrogens with one attached hydrogen (secondary N) is 1. The first-order valence-electron chi connectivity index (χ1n) is 10.1. The first kappa shape index (κ1) is 20.7. The molecule has 0 unspecified atom stereocenters. The van der Waals surface area contributed by atoms with Gasteiger partial charge >= 0.3 is 0 Å². The van der Waals surface area contributed by atoms with Gasteiger partial charge in [0.1, 0.15) is 5.76 Å². The Labute approximate surface area is 178 Å². The zero-order valence-corrected chi connectivity index (χ0v) is 17.1. The molecule has 31 heavy (non-hydrogen) atoms. The molecular weight excluding hydrogens is 404 g/mol. The van der Waals surface area contributed by atoms with E-state index in [0.717, 1.165) is 12.0 Å². The molecule has 1 aromatic heterocycles. The third kappa shape index (κ3) is 4.19. The number of carbonyl (C=O) groups is 2. The van der Waals surface area contributed by atoms with E-state index in [1.54, 1.807) is 4.90 Å². The smallest absolute Gasteiger partial charge is 0.290 e. The van der Waals surface area contributed by atoms with Gasteiger partial charge in [-0.25, -0.2) is 5.43 Å². The predicted octanol–water partition coefficient (Wildman–Crippen LogP) is 2.44. The van der Waals surface area contributed by atoms with Crippen LogP contribution in [0.1, 0.15) is 50.6 Å². The molecule has 1 aliphatic carbocycles. The van der Waals surface area contributed by atoms with Gasteiger partial charge in [-0.15, -0.1) is 0 Å².